The van der Waals surface area contributed by atoms with Gasteiger partial charge in [0.2, 0.25) is 5.78 Å². The van der Waals surface area contributed by atoms with Crippen molar-refractivity contribution in [2.45, 2.75) is 90.3 Å². The number of aromatic hydroxyl groups is 1. The third kappa shape index (κ3) is 3.55. The van der Waals surface area contributed by atoms with Gasteiger partial charge in [-0.3, -0.25) is 14.4 Å². The highest BCUT2D eigenvalue weighted by Crippen LogP contribution is 2.58. The normalized spacial score (nSPS) is 36.6. The molecule has 1 aromatic carbocycles. The maximum atomic E-state index is 14.1. The van der Waals surface area contributed by atoms with E-state index < -0.39 is 29.2 Å². The minimum absolute atomic E-state index is 0.0243. The highest BCUT2D eigenvalue weighted by molar-refractivity contribution is 6.28. The quantitative estimate of drug-likeness (QED) is 0.550. The fraction of sp³-hybridized carbons (Fsp3) is 0.633. The van der Waals surface area contributed by atoms with E-state index in [4.69, 9.17) is 18.9 Å². The Hall–Kier alpha value is -2.91. The molecule has 9 nitrogen and oxygen atoms in total. The van der Waals surface area contributed by atoms with Crippen molar-refractivity contribution in [1.29, 1.82) is 0 Å². The number of aliphatic hydroxyl groups is 1. The van der Waals surface area contributed by atoms with Gasteiger partial charge < -0.3 is 29.2 Å². The number of fused-ring (bicyclic) bond motifs is 7. The second kappa shape index (κ2) is 8.54. The van der Waals surface area contributed by atoms with E-state index >= 15 is 0 Å². The smallest absolute Gasteiger partial charge is 0.308 e. The Balaban J connectivity index is 1.40. The number of benzene rings is 1. The number of ether oxygens (including phenoxy) is 4. The van der Waals surface area contributed by atoms with Crippen LogP contribution in [0.4, 0.5) is 0 Å². The second-order valence-electron chi connectivity index (χ2n) is 12.7. The molecule has 5 aliphatic rings. The van der Waals surface area contributed by atoms with Crippen LogP contribution in [0.1, 0.15) is 87.1 Å². The molecular weight excluding hydrogens is 504 g/mol. The lowest BCUT2D eigenvalue weighted by atomic mass is 9.61. The number of esters is 1. The standard InChI is InChI=1S/C30H36O9/c1-7-12(2)27(34)37-18-10-16-14(8-13(18)3)19-22(32)15-9-17(31)21-24(38-26-28(35)36-11-30(21,26)6)20(15)23(33)25(19)39-29(16,4)5/h9,12-14,16,18,26,28,31,35H,7-8,10-11H2,1-6H3/t12?,13-,14-,16+,18+,26-,28+,30-/m1/s1. The zero-order valence-electron chi connectivity index (χ0n) is 23.2. The molecule has 2 N–H and O–H groups in total. The fourth-order valence-electron chi connectivity index (χ4n) is 7.30. The molecule has 0 bridgehead atoms. The van der Waals surface area contributed by atoms with Gasteiger partial charge >= 0.3 is 5.97 Å². The van der Waals surface area contributed by atoms with Gasteiger partial charge in [-0.15, -0.1) is 0 Å². The first-order chi connectivity index (χ1) is 18.3. The molecule has 1 saturated heterocycles. The zero-order valence-corrected chi connectivity index (χ0v) is 23.2. The molecule has 8 atom stereocenters. The molecule has 0 aromatic heterocycles. The summed E-state index contributed by atoms with van der Waals surface area (Å²) in [4.78, 5) is 40.7. The van der Waals surface area contributed by atoms with E-state index in [1.54, 1.807) is 6.92 Å². The molecule has 39 heavy (non-hydrogen) atoms. The Kier molecular flexibility index (Phi) is 5.77. The number of hydrogen-bond donors (Lipinski definition) is 2. The lowest BCUT2D eigenvalue weighted by Gasteiger charge is -2.51. The van der Waals surface area contributed by atoms with Gasteiger partial charge in [-0.25, -0.2) is 0 Å². The summed E-state index contributed by atoms with van der Waals surface area (Å²) >= 11 is 0. The molecule has 210 valence electrons. The van der Waals surface area contributed by atoms with E-state index in [0.717, 1.165) is 0 Å². The molecule has 2 aliphatic carbocycles. The van der Waals surface area contributed by atoms with Crippen molar-refractivity contribution in [3.05, 3.63) is 34.1 Å². The molecule has 3 aliphatic heterocycles. The van der Waals surface area contributed by atoms with Gasteiger partial charge in [0.15, 0.2) is 23.9 Å². The SMILES string of the molecule is CCC(C)C(=O)O[C@H]1C[C@H]2[C@@H](C[C@H]1C)C1=C(OC2(C)C)C(=O)c2c(cc(O)c3c2O[C@@H]2[C@@H](O)OC[C@]32C)C1=O. The van der Waals surface area contributed by atoms with Crippen LogP contribution in [0.15, 0.2) is 17.4 Å². The summed E-state index contributed by atoms with van der Waals surface area (Å²) in [5.41, 5.74) is -0.849. The van der Waals surface area contributed by atoms with E-state index in [9.17, 15) is 24.6 Å². The van der Waals surface area contributed by atoms with Gasteiger partial charge in [-0.05, 0) is 57.9 Å². The maximum Gasteiger partial charge on any atom is 0.308 e. The molecule has 2 fully saturated rings. The van der Waals surface area contributed by atoms with Crippen LogP contribution in [0.2, 0.25) is 0 Å². The Morgan fingerprint density at radius 3 is 2.62 bits per heavy atom. The molecule has 1 aromatic rings. The van der Waals surface area contributed by atoms with Gasteiger partial charge in [0.25, 0.3) is 0 Å². The number of rotatable bonds is 3. The average Bonchev–Trinajstić information content (AvgIpc) is 3.34. The number of aliphatic hydroxyl groups excluding tert-OH is 1. The number of carbonyl (C=O) groups is 3. The number of allylic oxidation sites excluding steroid dienone is 2. The minimum atomic E-state index is -1.22. The Morgan fingerprint density at radius 1 is 1.21 bits per heavy atom. The number of hydrogen-bond acceptors (Lipinski definition) is 9. The third-order valence-corrected chi connectivity index (χ3v) is 9.83. The van der Waals surface area contributed by atoms with Crippen LogP contribution < -0.4 is 4.74 Å². The van der Waals surface area contributed by atoms with Crippen molar-refractivity contribution in [3.8, 4) is 11.5 Å². The number of phenols is 1. The topological polar surface area (TPSA) is 129 Å². The molecular formula is C30H36O9. The van der Waals surface area contributed by atoms with Crippen molar-refractivity contribution in [2.75, 3.05) is 6.61 Å². The average molecular weight is 541 g/mol. The highest BCUT2D eigenvalue weighted by atomic mass is 16.6. The van der Waals surface area contributed by atoms with Crippen molar-refractivity contribution in [3.63, 3.8) is 0 Å². The number of phenolic OH excluding ortho intramolecular Hbond substituents is 1. The van der Waals surface area contributed by atoms with Gasteiger partial charge in [0.1, 0.15) is 23.2 Å². The Morgan fingerprint density at radius 2 is 1.92 bits per heavy atom. The molecule has 1 unspecified atom stereocenters. The van der Waals surface area contributed by atoms with Crippen LogP contribution in [0.3, 0.4) is 0 Å². The summed E-state index contributed by atoms with van der Waals surface area (Å²) in [5, 5.41) is 21.4. The number of Topliss-reactive ketones (excluding diaryl/α,β-unsaturated/α-hetero) is 2. The second-order valence-corrected chi connectivity index (χ2v) is 12.7. The lowest BCUT2D eigenvalue weighted by Crippen LogP contribution is -2.53. The molecule has 6 rings (SSSR count). The fourth-order valence-corrected chi connectivity index (χ4v) is 7.30. The summed E-state index contributed by atoms with van der Waals surface area (Å²) in [6.07, 6.45) is -0.584. The number of ketones is 2. The number of carbonyl (C=O) groups excluding carboxylic acids is 3. The molecule has 3 heterocycles. The maximum absolute atomic E-state index is 14.1. The van der Waals surface area contributed by atoms with E-state index in [1.807, 2.05) is 34.6 Å². The van der Waals surface area contributed by atoms with Gasteiger partial charge in [0, 0.05) is 22.6 Å². The first-order valence-electron chi connectivity index (χ1n) is 13.9. The van der Waals surface area contributed by atoms with E-state index in [2.05, 4.69) is 0 Å². The minimum Gasteiger partial charge on any atom is -0.507 e. The summed E-state index contributed by atoms with van der Waals surface area (Å²) in [6, 6.07) is 1.34. The van der Waals surface area contributed by atoms with Crippen LogP contribution in [0.25, 0.3) is 0 Å². The summed E-state index contributed by atoms with van der Waals surface area (Å²) in [7, 11) is 0. The largest absolute Gasteiger partial charge is 0.507 e. The summed E-state index contributed by atoms with van der Waals surface area (Å²) < 4.78 is 23.7. The summed E-state index contributed by atoms with van der Waals surface area (Å²) in [5.74, 6) is -1.73. The molecule has 0 amide bonds. The van der Waals surface area contributed by atoms with Crippen molar-refractivity contribution in [2.24, 2.45) is 23.7 Å². The van der Waals surface area contributed by atoms with Crippen LogP contribution in [0.5, 0.6) is 11.5 Å². The molecule has 1 saturated carbocycles. The molecule has 0 radical (unpaired) electrons. The van der Waals surface area contributed by atoms with E-state index in [-0.39, 0.29) is 76.5 Å². The van der Waals surface area contributed by atoms with Crippen molar-refractivity contribution < 1.29 is 43.5 Å². The Bertz CT molecular complexity index is 1330. The summed E-state index contributed by atoms with van der Waals surface area (Å²) in [6.45, 7) is 11.5. The highest BCUT2D eigenvalue weighted by Gasteiger charge is 2.60. The Labute approximate surface area is 227 Å². The predicted octanol–water partition coefficient (Wildman–Crippen LogP) is 3.82. The van der Waals surface area contributed by atoms with Crippen LogP contribution in [-0.4, -0.2) is 58.5 Å². The monoisotopic (exact) mass is 540 g/mol. The van der Waals surface area contributed by atoms with Crippen LogP contribution >= 0.6 is 0 Å². The van der Waals surface area contributed by atoms with E-state index in [0.29, 0.717) is 30.4 Å². The predicted molar refractivity (Wildman–Crippen MR) is 137 cm³/mol. The van der Waals surface area contributed by atoms with Gasteiger partial charge in [-0.2, -0.15) is 0 Å². The first-order valence-corrected chi connectivity index (χ1v) is 13.9. The van der Waals surface area contributed by atoms with Crippen LogP contribution in [0, 0.1) is 23.7 Å². The van der Waals surface area contributed by atoms with Crippen molar-refractivity contribution >= 4 is 17.5 Å². The zero-order chi connectivity index (χ0) is 28.2. The van der Waals surface area contributed by atoms with E-state index in [1.165, 1.54) is 6.07 Å². The molecule has 9 heteroatoms. The molecule has 0 spiro atoms. The lowest BCUT2D eigenvalue weighted by molar-refractivity contribution is -0.165. The van der Waals surface area contributed by atoms with Crippen molar-refractivity contribution in [1.82, 2.24) is 0 Å². The van der Waals surface area contributed by atoms with Gasteiger partial charge in [-0.1, -0.05) is 20.8 Å². The van der Waals surface area contributed by atoms with Gasteiger partial charge in [0.05, 0.1) is 23.5 Å². The first kappa shape index (κ1) is 26.3. The third-order valence-electron chi connectivity index (χ3n) is 9.83. The van der Waals surface area contributed by atoms with Crippen LogP contribution in [-0.2, 0) is 24.4 Å².